The number of ether oxygens (including phenoxy) is 1. The highest BCUT2D eigenvalue weighted by molar-refractivity contribution is 7.98. The van der Waals surface area contributed by atoms with Gasteiger partial charge in [-0.1, -0.05) is 61.7 Å². The van der Waals surface area contributed by atoms with Crippen LogP contribution in [0, 0.1) is 0 Å². The third kappa shape index (κ3) is 8.32. The van der Waals surface area contributed by atoms with E-state index in [0.29, 0.717) is 12.4 Å². The normalized spacial score (nSPS) is 14.5. The molecule has 230 valence electrons. The smallest absolute Gasteiger partial charge is 0.264 e. The number of thioether (sulfide) groups is 1. The van der Waals surface area contributed by atoms with Crippen molar-refractivity contribution in [1.82, 2.24) is 10.2 Å². The maximum Gasteiger partial charge on any atom is 0.264 e. The summed E-state index contributed by atoms with van der Waals surface area (Å²) in [5, 5.41) is 3.13. The molecule has 1 N–H and O–H groups in total. The van der Waals surface area contributed by atoms with Crippen LogP contribution >= 0.6 is 11.8 Å². The number of benzene rings is 3. The van der Waals surface area contributed by atoms with E-state index >= 15 is 0 Å². The second-order valence-corrected chi connectivity index (χ2v) is 13.4. The topological polar surface area (TPSA) is 96.0 Å². The van der Waals surface area contributed by atoms with E-state index in [-0.39, 0.29) is 29.1 Å². The van der Waals surface area contributed by atoms with Crippen LogP contribution in [0.4, 0.5) is 5.69 Å². The second-order valence-electron chi connectivity index (χ2n) is 10.6. The van der Waals surface area contributed by atoms with Gasteiger partial charge in [-0.05, 0) is 74.9 Å². The summed E-state index contributed by atoms with van der Waals surface area (Å²) in [6.45, 7) is 3.48. The second kappa shape index (κ2) is 15.3. The monoisotopic (exact) mass is 623 g/mol. The van der Waals surface area contributed by atoms with Gasteiger partial charge < -0.3 is 15.0 Å². The van der Waals surface area contributed by atoms with E-state index in [4.69, 9.17) is 4.74 Å². The van der Waals surface area contributed by atoms with Crippen molar-refractivity contribution in [3.63, 3.8) is 0 Å². The van der Waals surface area contributed by atoms with Crippen LogP contribution in [0.15, 0.2) is 88.7 Å². The van der Waals surface area contributed by atoms with E-state index < -0.39 is 28.5 Å². The molecule has 0 aromatic heterocycles. The summed E-state index contributed by atoms with van der Waals surface area (Å²) in [6, 6.07) is 22.0. The molecule has 8 nitrogen and oxygen atoms in total. The van der Waals surface area contributed by atoms with Gasteiger partial charge in [0.15, 0.2) is 0 Å². The van der Waals surface area contributed by atoms with Crippen molar-refractivity contribution in [2.75, 3.05) is 23.7 Å². The third-order valence-corrected chi connectivity index (χ3v) is 10.2. The summed E-state index contributed by atoms with van der Waals surface area (Å²) >= 11 is 1.51. The first kappa shape index (κ1) is 32.4. The largest absolute Gasteiger partial charge is 0.492 e. The molecule has 0 heterocycles. The highest BCUT2D eigenvalue weighted by Crippen LogP contribution is 2.33. The Morgan fingerprint density at radius 1 is 0.953 bits per heavy atom. The molecule has 1 aliphatic rings. The Balaban J connectivity index is 1.70. The summed E-state index contributed by atoms with van der Waals surface area (Å²) in [5.74, 6) is -0.390. The van der Waals surface area contributed by atoms with Gasteiger partial charge in [-0.3, -0.25) is 13.9 Å². The summed E-state index contributed by atoms with van der Waals surface area (Å²) in [7, 11) is -4.19. The van der Waals surface area contributed by atoms with Crippen molar-refractivity contribution in [2.45, 2.75) is 74.4 Å². The van der Waals surface area contributed by atoms with Gasteiger partial charge in [-0.2, -0.15) is 0 Å². The number of rotatable bonds is 13. The molecule has 2 amide bonds. The number of carbonyl (C=O) groups excluding carboxylic acids is 2. The van der Waals surface area contributed by atoms with Gasteiger partial charge in [0.25, 0.3) is 10.0 Å². The van der Waals surface area contributed by atoms with E-state index in [0.717, 1.165) is 46.9 Å². The number of hydrogen-bond acceptors (Lipinski definition) is 6. The third-order valence-electron chi connectivity index (χ3n) is 7.67. The van der Waals surface area contributed by atoms with Gasteiger partial charge in [0.1, 0.15) is 18.3 Å². The van der Waals surface area contributed by atoms with E-state index in [1.165, 1.54) is 16.7 Å². The van der Waals surface area contributed by atoms with Gasteiger partial charge in [0, 0.05) is 17.5 Å². The zero-order valence-electron chi connectivity index (χ0n) is 25.1. The van der Waals surface area contributed by atoms with Gasteiger partial charge in [0.2, 0.25) is 11.8 Å². The number of carbonyl (C=O) groups is 2. The summed E-state index contributed by atoms with van der Waals surface area (Å²) < 4.78 is 35.3. The molecule has 4 rings (SSSR count). The molecule has 1 saturated carbocycles. The van der Waals surface area contributed by atoms with Crippen molar-refractivity contribution >= 4 is 39.3 Å². The quantitative estimate of drug-likeness (QED) is 0.240. The van der Waals surface area contributed by atoms with Gasteiger partial charge in [0.05, 0.1) is 17.2 Å². The van der Waals surface area contributed by atoms with Crippen LogP contribution in [0.1, 0.15) is 51.5 Å². The van der Waals surface area contributed by atoms with Crippen LogP contribution in [-0.4, -0.2) is 56.6 Å². The molecule has 0 spiro atoms. The Bertz CT molecular complexity index is 1460. The standard InChI is InChI=1S/C33H41N3O5S2/c1-4-41-31-18-12-11-17-30(31)36(43(39,40)29-21-19-28(42-3)20-22-29)24-32(37)35(23-26-13-7-5-8-14-26)25(2)33(38)34-27-15-9-6-10-16-27/h5,7-8,11-14,17-22,25,27H,4,6,9-10,15-16,23-24H2,1-3H3,(H,34,38)/t25-/m0/s1. The first-order valence-electron chi connectivity index (χ1n) is 14.8. The lowest BCUT2D eigenvalue weighted by molar-refractivity contribution is -0.139. The maximum absolute atomic E-state index is 14.2. The van der Waals surface area contributed by atoms with Gasteiger partial charge >= 0.3 is 0 Å². The molecule has 1 fully saturated rings. The van der Waals surface area contributed by atoms with Gasteiger partial charge in [-0.25, -0.2) is 8.42 Å². The first-order chi connectivity index (χ1) is 20.7. The van der Waals surface area contributed by atoms with Crippen molar-refractivity contribution in [3.05, 3.63) is 84.4 Å². The zero-order valence-corrected chi connectivity index (χ0v) is 26.7. The SMILES string of the molecule is CCOc1ccccc1N(CC(=O)N(Cc1ccccc1)[C@@H](C)C(=O)NC1CCCCC1)S(=O)(=O)c1ccc(SC)cc1. The number of anilines is 1. The highest BCUT2D eigenvalue weighted by atomic mass is 32.2. The molecular formula is C33H41N3O5S2. The van der Waals surface area contributed by atoms with Crippen LogP contribution in [0.2, 0.25) is 0 Å². The maximum atomic E-state index is 14.2. The molecular weight excluding hydrogens is 583 g/mol. The molecule has 0 unspecified atom stereocenters. The van der Waals surface area contributed by atoms with E-state index in [2.05, 4.69) is 5.32 Å². The molecule has 0 bridgehead atoms. The van der Waals surface area contributed by atoms with Crippen molar-refractivity contribution in [3.8, 4) is 5.75 Å². The Kier molecular flexibility index (Phi) is 11.5. The van der Waals surface area contributed by atoms with Crippen molar-refractivity contribution in [2.24, 2.45) is 0 Å². The summed E-state index contributed by atoms with van der Waals surface area (Å²) in [6.07, 6.45) is 7.04. The molecule has 0 saturated heterocycles. The fraction of sp³-hybridized carbons (Fsp3) is 0.394. The Labute approximate surface area is 259 Å². The number of nitrogens with zero attached hydrogens (tertiary/aromatic N) is 2. The average molecular weight is 624 g/mol. The number of sulfonamides is 1. The van der Waals surface area contributed by atoms with Crippen LogP contribution < -0.4 is 14.4 Å². The zero-order chi connectivity index (χ0) is 30.8. The highest BCUT2D eigenvalue weighted by Gasteiger charge is 2.34. The predicted octanol–water partition coefficient (Wildman–Crippen LogP) is 5.87. The summed E-state index contributed by atoms with van der Waals surface area (Å²) in [5.41, 5.74) is 1.09. The Morgan fingerprint density at radius 3 is 2.26 bits per heavy atom. The Morgan fingerprint density at radius 2 is 1.60 bits per heavy atom. The minimum atomic E-state index is -4.19. The fourth-order valence-electron chi connectivity index (χ4n) is 5.26. The van der Waals surface area contributed by atoms with Crippen LogP contribution in [0.3, 0.4) is 0 Å². The number of para-hydroxylation sites is 2. The minimum absolute atomic E-state index is 0.0575. The average Bonchev–Trinajstić information content (AvgIpc) is 3.03. The molecule has 43 heavy (non-hydrogen) atoms. The van der Waals surface area contributed by atoms with E-state index in [1.807, 2.05) is 43.5 Å². The Hall–Kier alpha value is -3.50. The van der Waals surface area contributed by atoms with E-state index in [9.17, 15) is 18.0 Å². The lowest BCUT2D eigenvalue weighted by Gasteiger charge is -2.33. The molecule has 1 atom stereocenters. The number of nitrogens with one attached hydrogen (secondary N) is 1. The van der Waals surface area contributed by atoms with Crippen LogP contribution in [0.5, 0.6) is 5.75 Å². The lowest BCUT2D eigenvalue weighted by atomic mass is 9.95. The molecule has 3 aromatic carbocycles. The molecule has 0 aliphatic heterocycles. The van der Waals surface area contributed by atoms with E-state index in [1.54, 1.807) is 55.5 Å². The molecule has 0 radical (unpaired) electrons. The fourth-order valence-corrected chi connectivity index (χ4v) is 7.09. The summed E-state index contributed by atoms with van der Waals surface area (Å²) in [4.78, 5) is 30.1. The van der Waals surface area contributed by atoms with Gasteiger partial charge in [-0.15, -0.1) is 11.8 Å². The number of hydrogen-bond donors (Lipinski definition) is 1. The van der Waals surface area contributed by atoms with Crippen LogP contribution in [-0.2, 0) is 26.2 Å². The van der Waals surface area contributed by atoms with Crippen molar-refractivity contribution in [1.29, 1.82) is 0 Å². The lowest BCUT2D eigenvalue weighted by Crippen LogP contribution is -2.53. The number of amides is 2. The molecule has 1 aliphatic carbocycles. The first-order valence-corrected chi connectivity index (χ1v) is 17.4. The predicted molar refractivity (Wildman–Crippen MR) is 172 cm³/mol. The molecule has 10 heteroatoms. The van der Waals surface area contributed by atoms with Crippen LogP contribution in [0.25, 0.3) is 0 Å². The van der Waals surface area contributed by atoms with Crippen molar-refractivity contribution < 1.29 is 22.7 Å². The minimum Gasteiger partial charge on any atom is -0.492 e. The molecule has 3 aromatic rings.